The van der Waals surface area contributed by atoms with Crippen LogP contribution >= 0.6 is 0 Å². The Labute approximate surface area is 210 Å². The molecule has 4 rings (SSSR count). The van der Waals surface area contributed by atoms with Gasteiger partial charge in [-0.15, -0.1) is 0 Å². The third kappa shape index (κ3) is 6.89. The molecule has 0 bridgehead atoms. The van der Waals surface area contributed by atoms with Gasteiger partial charge in [-0.05, 0) is 18.2 Å². The Morgan fingerprint density at radius 3 is 2.68 bits per heavy atom. The number of rotatable bonds is 7. The van der Waals surface area contributed by atoms with Crippen LogP contribution in [0.3, 0.4) is 0 Å². The Kier molecular flexibility index (Phi) is 7.78. The Hall–Kier alpha value is -4.31. The first-order chi connectivity index (χ1) is 17.7. The van der Waals surface area contributed by atoms with Crippen LogP contribution in [-0.2, 0) is 22.8 Å². The smallest absolute Gasteiger partial charge is 0.432 e. The summed E-state index contributed by atoms with van der Waals surface area (Å²) in [4.78, 5) is 33.3. The highest BCUT2D eigenvalue weighted by Crippen LogP contribution is 2.32. The van der Waals surface area contributed by atoms with Gasteiger partial charge in [0.1, 0.15) is 23.9 Å². The van der Waals surface area contributed by atoms with E-state index in [1.165, 1.54) is 12.3 Å². The molecule has 0 saturated carbocycles. The van der Waals surface area contributed by atoms with E-state index in [4.69, 9.17) is 4.74 Å². The number of piperazine rings is 1. The number of aryl methyl sites for hydroxylation is 1. The van der Waals surface area contributed by atoms with E-state index in [1.807, 2.05) is 0 Å². The molecular formula is C24H24F3N7O3. The van der Waals surface area contributed by atoms with Crippen molar-refractivity contribution in [2.24, 2.45) is 7.05 Å². The maximum absolute atomic E-state index is 13.0. The Morgan fingerprint density at radius 2 is 2.03 bits per heavy atom. The van der Waals surface area contributed by atoms with Crippen molar-refractivity contribution in [1.29, 1.82) is 0 Å². The highest BCUT2D eigenvalue weighted by molar-refractivity contribution is 6.05. The Morgan fingerprint density at radius 1 is 1.24 bits per heavy atom. The monoisotopic (exact) mass is 515 g/mol. The Bertz CT molecular complexity index is 1310. The zero-order chi connectivity index (χ0) is 26.4. The van der Waals surface area contributed by atoms with E-state index in [-0.39, 0.29) is 11.5 Å². The van der Waals surface area contributed by atoms with Crippen molar-refractivity contribution < 1.29 is 27.5 Å². The number of aromatic nitrogens is 4. The number of imidazole rings is 1. The zero-order valence-corrected chi connectivity index (χ0v) is 19.9. The fourth-order valence-corrected chi connectivity index (χ4v) is 3.66. The summed E-state index contributed by atoms with van der Waals surface area (Å²) in [5.74, 6) is 4.85. The van der Waals surface area contributed by atoms with E-state index >= 15 is 0 Å². The van der Waals surface area contributed by atoms with Crippen molar-refractivity contribution in [3.05, 3.63) is 48.0 Å². The van der Waals surface area contributed by atoms with Crippen LogP contribution in [0.25, 0.3) is 11.4 Å². The van der Waals surface area contributed by atoms with Crippen LogP contribution in [0, 0.1) is 11.8 Å². The van der Waals surface area contributed by atoms with Gasteiger partial charge in [-0.25, -0.2) is 4.98 Å². The van der Waals surface area contributed by atoms with Gasteiger partial charge >= 0.3 is 12.1 Å². The van der Waals surface area contributed by atoms with Gasteiger partial charge in [0.15, 0.2) is 0 Å². The van der Waals surface area contributed by atoms with Gasteiger partial charge < -0.3 is 19.9 Å². The summed E-state index contributed by atoms with van der Waals surface area (Å²) in [7, 11) is 1.72. The molecule has 10 nitrogen and oxygen atoms in total. The lowest BCUT2D eigenvalue weighted by atomic mass is 10.1. The van der Waals surface area contributed by atoms with Gasteiger partial charge in [0.2, 0.25) is 6.41 Å². The molecule has 2 amide bonds. The molecule has 1 fully saturated rings. The summed E-state index contributed by atoms with van der Waals surface area (Å²) in [5, 5.41) is 6.64. The fraction of sp³-hybridized carbons (Fsp3) is 0.333. The van der Waals surface area contributed by atoms with Crippen molar-refractivity contribution in [2.75, 3.05) is 44.6 Å². The number of hydrogen-bond acceptors (Lipinski definition) is 6. The van der Waals surface area contributed by atoms with Crippen molar-refractivity contribution in [3.8, 4) is 29.0 Å². The normalized spacial score (nSPS) is 14.1. The van der Waals surface area contributed by atoms with Gasteiger partial charge in [0.25, 0.3) is 0 Å². The molecule has 37 heavy (non-hydrogen) atoms. The predicted molar refractivity (Wildman–Crippen MR) is 127 cm³/mol. The Balaban J connectivity index is 1.50. The standard InChI is InChI=1S/C24H24F3N7O3/c1-32-15-17(13-29-32)2-5-22(36)30-19-12-18(23-28-14-21(31-23)24(25,26)27)3-4-20(19)37-11-10-33-6-8-34(16-35)9-7-33/h3-4,12-16H,6-11H2,1H3,(H,28,31)(H,30,36). The van der Waals surface area contributed by atoms with Crippen molar-refractivity contribution >= 4 is 18.0 Å². The van der Waals surface area contributed by atoms with Gasteiger partial charge in [0.05, 0.1) is 23.6 Å². The first kappa shape index (κ1) is 25.8. The number of H-pyrrole nitrogens is 1. The number of hydrogen-bond donors (Lipinski definition) is 2. The second kappa shape index (κ2) is 11.2. The minimum absolute atomic E-state index is 0.0103. The number of halogens is 3. The highest BCUT2D eigenvalue weighted by atomic mass is 19.4. The number of anilines is 1. The first-order valence-electron chi connectivity index (χ1n) is 11.3. The predicted octanol–water partition coefficient (Wildman–Crippen LogP) is 1.97. The van der Waals surface area contributed by atoms with Crippen LogP contribution < -0.4 is 10.1 Å². The van der Waals surface area contributed by atoms with Crippen molar-refractivity contribution in [2.45, 2.75) is 6.18 Å². The van der Waals surface area contributed by atoms with E-state index in [9.17, 15) is 22.8 Å². The van der Waals surface area contributed by atoms with Gasteiger partial charge in [-0.2, -0.15) is 18.3 Å². The lowest BCUT2D eigenvalue weighted by Gasteiger charge is -2.32. The maximum atomic E-state index is 13.0. The molecule has 0 aliphatic carbocycles. The quantitative estimate of drug-likeness (QED) is 0.368. The largest absolute Gasteiger partial charge is 0.490 e. The molecular weight excluding hydrogens is 491 g/mol. The van der Waals surface area contributed by atoms with E-state index < -0.39 is 17.8 Å². The molecule has 1 aliphatic heterocycles. The third-order valence-corrected chi connectivity index (χ3v) is 5.63. The number of ether oxygens (including phenoxy) is 1. The molecule has 1 aliphatic rings. The van der Waals surface area contributed by atoms with Crippen LogP contribution in [0.2, 0.25) is 0 Å². The summed E-state index contributed by atoms with van der Waals surface area (Å²) in [5.41, 5.74) is 0.125. The van der Waals surface area contributed by atoms with E-state index in [0.29, 0.717) is 62.4 Å². The number of carbonyl (C=O) groups is 2. The minimum Gasteiger partial charge on any atom is -0.490 e. The van der Waals surface area contributed by atoms with Crippen LogP contribution in [0.5, 0.6) is 5.75 Å². The summed E-state index contributed by atoms with van der Waals surface area (Å²) in [6.07, 6.45) is 0.142. The minimum atomic E-state index is -4.57. The second-order valence-corrected chi connectivity index (χ2v) is 8.29. The molecule has 0 spiro atoms. The number of aromatic amines is 1. The summed E-state index contributed by atoms with van der Waals surface area (Å²) in [6, 6.07) is 4.58. The van der Waals surface area contributed by atoms with Crippen LogP contribution in [0.15, 0.2) is 36.8 Å². The molecule has 2 aromatic heterocycles. The molecule has 1 aromatic carbocycles. The summed E-state index contributed by atoms with van der Waals surface area (Å²) in [6.45, 7) is 3.60. The third-order valence-electron chi connectivity index (χ3n) is 5.63. The van der Waals surface area contributed by atoms with Gasteiger partial charge in [-0.3, -0.25) is 19.2 Å². The molecule has 3 aromatic rings. The van der Waals surface area contributed by atoms with Crippen molar-refractivity contribution in [1.82, 2.24) is 29.5 Å². The molecule has 0 radical (unpaired) electrons. The molecule has 0 atom stereocenters. The lowest BCUT2D eigenvalue weighted by Crippen LogP contribution is -2.46. The zero-order valence-electron chi connectivity index (χ0n) is 19.9. The van der Waals surface area contributed by atoms with E-state index in [1.54, 1.807) is 35.0 Å². The molecule has 2 N–H and O–H groups in total. The molecule has 13 heteroatoms. The number of amides is 2. The van der Waals surface area contributed by atoms with Crippen LogP contribution in [-0.4, -0.2) is 81.2 Å². The van der Waals surface area contributed by atoms with Crippen LogP contribution in [0.1, 0.15) is 11.3 Å². The summed E-state index contributed by atoms with van der Waals surface area (Å²) >= 11 is 0. The van der Waals surface area contributed by atoms with Gasteiger partial charge in [-0.1, -0.05) is 5.92 Å². The van der Waals surface area contributed by atoms with Gasteiger partial charge in [0, 0.05) is 57.5 Å². The number of alkyl halides is 3. The average Bonchev–Trinajstić information content (AvgIpc) is 3.53. The summed E-state index contributed by atoms with van der Waals surface area (Å²) < 4.78 is 46.4. The van der Waals surface area contributed by atoms with Crippen molar-refractivity contribution in [3.63, 3.8) is 0 Å². The van der Waals surface area contributed by atoms with E-state index in [0.717, 1.165) is 6.41 Å². The first-order valence-corrected chi connectivity index (χ1v) is 11.3. The molecule has 194 valence electrons. The highest BCUT2D eigenvalue weighted by Gasteiger charge is 2.33. The van der Waals surface area contributed by atoms with Crippen LogP contribution in [0.4, 0.5) is 18.9 Å². The molecule has 0 unspecified atom stereocenters. The number of nitrogens with one attached hydrogen (secondary N) is 2. The topological polar surface area (TPSA) is 108 Å². The number of benzene rings is 1. The number of carbonyl (C=O) groups excluding carboxylic acids is 2. The second-order valence-electron chi connectivity index (χ2n) is 8.29. The average molecular weight is 515 g/mol. The lowest BCUT2D eigenvalue weighted by molar-refractivity contribution is -0.140. The SMILES string of the molecule is Cn1cc(C#CC(=O)Nc2cc(-c3ncc(C(F)(F)F)[nH]3)ccc2OCCN2CCN(C=O)CC2)cn1. The maximum Gasteiger partial charge on any atom is 0.432 e. The molecule has 3 heterocycles. The van der Waals surface area contributed by atoms with E-state index in [2.05, 4.69) is 37.1 Å². The fourth-order valence-electron chi connectivity index (χ4n) is 3.66. The number of nitrogens with zero attached hydrogens (tertiary/aromatic N) is 5. The molecule has 1 saturated heterocycles.